The van der Waals surface area contributed by atoms with Crippen molar-refractivity contribution in [3.63, 3.8) is 0 Å². The molecule has 0 amide bonds. The third kappa shape index (κ3) is 14.9. The van der Waals surface area contributed by atoms with Gasteiger partial charge < -0.3 is 5.11 Å². The van der Waals surface area contributed by atoms with Crippen LogP contribution in [0.15, 0.2) is 36.5 Å². The zero-order valence-electron chi connectivity index (χ0n) is 13.8. The first-order valence-corrected chi connectivity index (χ1v) is 8.39. The van der Waals surface area contributed by atoms with Crippen molar-refractivity contribution in [3.05, 3.63) is 36.5 Å². The molecule has 1 unspecified atom stereocenters. The molecule has 0 radical (unpaired) electrons. The molecule has 0 bridgehead atoms. The van der Waals surface area contributed by atoms with Crippen LogP contribution in [-0.4, -0.2) is 11.1 Å². The summed E-state index contributed by atoms with van der Waals surface area (Å²) < 4.78 is 0. The summed E-state index contributed by atoms with van der Waals surface area (Å²) in [5.74, 6) is -0.867. The number of rotatable bonds is 13. The summed E-state index contributed by atoms with van der Waals surface area (Å²) in [6.07, 6.45) is 23.0. The maximum atomic E-state index is 10.6. The Morgan fingerprint density at radius 3 is 2.05 bits per heavy atom. The number of allylic oxidation sites excluding steroid dienone is 6. The van der Waals surface area contributed by atoms with Gasteiger partial charge in [0.05, 0.1) is 5.92 Å². The monoisotopic (exact) mass is 292 g/mol. The lowest BCUT2D eigenvalue weighted by Gasteiger charge is -2.04. The number of carbonyl (C=O) groups is 1. The molecule has 0 aliphatic rings. The first-order valence-electron chi connectivity index (χ1n) is 8.39. The summed E-state index contributed by atoms with van der Waals surface area (Å²) >= 11 is 0. The van der Waals surface area contributed by atoms with Crippen LogP contribution in [0.4, 0.5) is 0 Å². The number of aliphatic carboxylic acids is 1. The minimum atomic E-state index is -0.673. The molecule has 0 saturated heterocycles. The van der Waals surface area contributed by atoms with Gasteiger partial charge in [-0.05, 0) is 25.7 Å². The smallest absolute Gasteiger partial charge is 0.306 e. The fourth-order valence-corrected chi connectivity index (χ4v) is 1.99. The van der Waals surface area contributed by atoms with Crippen LogP contribution in [0, 0.1) is 5.92 Å². The first-order chi connectivity index (χ1) is 10.2. The van der Waals surface area contributed by atoms with Gasteiger partial charge in [-0.25, -0.2) is 0 Å². The molecule has 1 atom stereocenters. The van der Waals surface area contributed by atoms with Gasteiger partial charge in [0.25, 0.3) is 0 Å². The Hall–Kier alpha value is -1.31. The molecule has 2 heteroatoms. The molecule has 0 aliphatic carbocycles. The van der Waals surface area contributed by atoms with E-state index in [0.717, 1.165) is 25.7 Å². The molecule has 0 aromatic rings. The Morgan fingerprint density at radius 1 is 0.905 bits per heavy atom. The second-order valence-corrected chi connectivity index (χ2v) is 5.61. The normalized spacial score (nSPS) is 13.6. The maximum Gasteiger partial charge on any atom is 0.306 e. The molecule has 21 heavy (non-hydrogen) atoms. The van der Waals surface area contributed by atoms with E-state index >= 15 is 0 Å². The van der Waals surface area contributed by atoms with E-state index in [-0.39, 0.29) is 5.92 Å². The van der Waals surface area contributed by atoms with Gasteiger partial charge in [-0.15, -0.1) is 0 Å². The van der Waals surface area contributed by atoms with Crippen LogP contribution in [0.5, 0.6) is 0 Å². The van der Waals surface area contributed by atoms with Crippen LogP contribution in [-0.2, 0) is 4.79 Å². The largest absolute Gasteiger partial charge is 0.481 e. The topological polar surface area (TPSA) is 37.3 Å². The highest BCUT2D eigenvalue weighted by Crippen LogP contribution is 2.11. The van der Waals surface area contributed by atoms with Crippen molar-refractivity contribution in [1.82, 2.24) is 0 Å². The molecule has 0 rings (SSSR count). The summed E-state index contributed by atoms with van der Waals surface area (Å²) in [5.41, 5.74) is 0. The molecule has 0 heterocycles. The number of hydrogen-bond donors (Lipinski definition) is 1. The predicted octanol–water partition coefficient (Wildman–Crippen LogP) is 5.91. The standard InChI is InChI=1S/C19H32O2/c1-3-4-5-6-7-8-9-10-11-12-13-14-15-16-17-18(2)19(20)21/h6-11,18H,3-5,12-17H2,1-2H3,(H,20,21)/b7-6-,9-8+,11-10-. The van der Waals surface area contributed by atoms with Gasteiger partial charge in [-0.3, -0.25) is 4.79 Å². The predicted molar refractivity (Wildman–Crippen MR) is 91.4 cm³/mol. The van der Waals surface area contributed by atoms with E-state index in [1.54, 1.807) is 6.92 Å². The summed E-state index contributed by atoms with van der Waals surface area (Å²) in [7, 11) is 0. The Kier molecular flexibility index (Phi) is 14.1. The number of carboxylic acid groups (broad SMARTS) is 1. The van der Waals surface area contributed by atoms with Crippen LogP contribution in [0.1, 0.15) is 71.6 Å². The van der Waals surface area contributed by atoms with Crippen molar-refractivity contribution in [2.24, 2.45) is 5.92 Å². The van der Waals surface area contributed by atoms with Crippen molar-refractivity contribution in [3.8, 4) is 0 Å². The minimum Gasteiger partial charge on any atom is -0.481 e. The third-order valence-electron chi connectivity index (χ3n) is 3.51. The molecule has 0 saturated carbocycles. The molecule has 0 fully saturated rings. The average Bonchev–Trinajstić information content (AvgIpc) is 2.47. The van der Waals surface area contributed by atoms with E-state index in [2.05, 4.69) is 43.4 Å². The van der Waals surface area contributed by atoms with Gasteiger partial charge >= 0.3 is 5.97 Å². The van der Waals surface area contributed by atoms with Crippen molar-refractivity contribution in [2.75, 3.05) is 0 Å². The zero-order valence-corrected chi connectivity index (χ0v) is 13.8. The van der Waals surface area contributed by atoms with Gasteiger partial charge in [-0.1, -0.05) is 82.4 Å². The molecule has 120 valence electrons. The second-order valence-electron chi connectivity index (χ2n) is 5.61. The fourth-order valence-electron chi connectivity index (χ4n) is 1.99. The minimum absolute atomic E-state index is 0.194. The van der Waals surface area contributed by atoms with Gasteiger partial charge in [0.15, 0.2) is 0 Å². The number of unbranched alkanes of at least 4 members (excludes halogenated alkanes) is 6. The van der Waals surface area contributed by atoms with Crippen molar-refractivity contribution in [1.29, 1.82) is 0 Å². The zero-order chi connectivity index (χ0) is 15.8. The van der Waals surface area contributed by atoms with Gasteiger partial charge in [0, 0.05) is 0 Å². The van der Waals surface area contributed by atoms with Crippen molar-refractivity contribution < 1.29 is 9.90 Å². The number of hydrogen-bond acceptors (Lipinski definition) is 1. The van der Waals surface area contributed by atoms with Crippen molar-refractivity contribution in [2.45, 2.75) is 71.6 Å². The van der Waals surface area contributed by atoms with Gasteiger partial charge in [-0.2, -0.15) is 0 Å². The summed E-state index contributed by atoms with van der Waals surface area (Å²) in [6, 6.07) is 0. The maximum absolute atomic E-state index is 10.6. The Morgan fingerprint density at radius 2 is 1.48 bits per heavy atom. The van der Waals surface area contributed by atoms with Gasteiger partial charge in [0.1, 0.15) is 0 Å². The van der Waals surface area contributed by atoms with Crippen molar-refractivity contribution >= 4 is 5.97 Å². The van der Waals surface area contributed by atoms with E-state index in [4.69, 9.17) is 5.11 Å². The highest BCUT2D eigenvalue weighted by atomic mass is 16.4. The SMILES string of the molecule is CCCC\C=C/C=C/C=C\CCCCCCC(C)C(=O)O. The van der Waals surface area contributed by atoms with Gasteiger partial charge in [0.2, 0.25) is 0 Å². The molecule has 0 aromatic heterocycles. The molecular weight excluding hydrogens is 260 g/mol. The first kappa shape index (κ1) is 19.7. The lowest BCUT2D eigenvalue weighted by atomic mass is 10.0. The molecular formula is C19H32O2. The lowest BCUT2D eigenvalue weighted by Crippen LogP contribution is -2.08. The van der Waals surface area contributed by atoms with Crippen LogP contribution in [0.2, 0.25) is 0 Å². The average molecular weight is 292 g/mol. The second kappa shape index (κ2) is 15.1. The highest BCUT2D eigenvalue weighted by molar-refractivity contribution is 5.69. The molecule has 1 N–H and O–H groups in total. The highest BCUT2D eigenvalue weighted by Gasteiger charge is 2.09. The summed E-state index contributed by atoms with van der Waals surface area (Å²) in [6.45, 7) is 3.99. The Bertz CT molecular complexity index is 326. The fraction of sp³-hybridized carbons (Fsp3) is 0.632. The molecule has 2 nitrogen and oxygen atoms in total. The van der Waals surface area contributed by atoms with E-state index in [0.29, 0.717) is 0 Å². The van der Waals surface area contributed by atoms with E-state index < -0.39 is 5.97 Å². The van der Waals surface area contributed by atoms with Crippen LogP contribution < -0.4 is 0 Å². The quantitative estimate of drug-likeness (QED) is 0.338. The summed E-state index contributed by atoms with van der Waals surface area (Å²) in [4.78, 5) is 10.6. The van der Waals surface area contributed by atoms with Crippen LogP contribution in [0.3, 0.4) is 0 Å². The van der Waals surface area contributed by atoms with E-state index in [9.17, 15) is 4.79 Å². The number of carboxylic acids is 1. The Labute approximate surface area is 130 Å². The molecule has 0 spiro atoms. The van der Waals surface area contributed by atoms with Crippen LogP contribution in [0.25, 0.3) is 0 Å². The van der Waals surface area contributed by atoms with E-state index in [1.807, 2.05) is 0 Å². The third-order valence-corrected chi connectivity index (χ3v) is 3.51. The molecule has 0 aromatic carbocycles. The van der Waals surface area contributed by atoms with E-state index in [1.165, 1.54) is 32.1 Å². The summed E-state index contributed by atoms with van der Waals surface area (Å²) in [5, 5.41) is 8.77. The van der Waals surface area contributed by atoms with Crippen LogP contribution >= 0.6 is 0 Å². The lowest BCUT2D eigenvalue weighted by molar-refractivity contribution is -0.141. The Balaban J connectivity index is 3.38. The molecule has 0 aliphatic heterocycles.